The second-order valence-corrected chi connectivity index (χ2v) is 5.88. The molecule has 2 rings (SSSR count). The fourth-order valence-electron chi connectivity index (χ4n) is 2.06. The first-order valence-electron chi connectivity index (χ1n) is 7.11. The smallest absolute Gasteiger partial charge is 0.261 e. The Morgan fingerprint density at radius 1 is 1.43 bits per heavy atom. The Kier molecular flexibility index (Phi) is 5.27. The molecule has 2 aromatic heterocycles. The van der Waals surface area contributed by atoms with Crippen LogP contribution in [-0.2, 0) is 19.4 Å². The van der Waals surface area contributed by atoms with Crippen LogP contribution in [0.5, 0.6) is 0 Å². The number of rotatable bonds is 6. The third kappa shape index (κ3) is 4.01. The number of aromatic nitrogens is 2. The van der Waals surface area contributed by atoms with Crippen molar-refractivity contribution in [1.29, 1.82) is 0 Å². The lowest BCUT2D eigenvalue weighted by Gasteiger charge is -2.02. The molecule has 21 heavy (non-hydrogen) atoms. The number of hydrogen-bond donors (Lipinski definition) is 2. The van der Waals surface area contributed by atoms with Crippen LogP contribution >= 0.6 is 11.3 Å². The molecule has 0 saturated carbocycles. The van der Waals surface area contributed by atoms with Crippen molar-refractivity contribution in [3.63, 3.8) is 0 Å². The van der Waals surface area contributed by atoms with Gasteiger partial charge in [0.25, 0.3) is 5.91 Å². The zero-order valence-corrected chi connectivity index (χ0v) is 13.2. The van der Waals surface area contributed by atoms with Crippen LogP contribution in [0.15, 0.2) is 18.3 Å². The van der Waals surface area contributed by atoms with E-state index in [1.54, 1.807) is 23.6 Å². The molecule has 2 heterocycles. The van der Waals surface area contributed by atoms with E-state index in [-0.39, 0.29) is 12.5 Å². The third-order valence-corrected chi connectivity index (χ3v) is 4.35. The van der Waals surface area contributed by atoms with Gasteiger partial charge in [-0.25, -0.2) is 9.97 Å². The molecule has 1 amide bonds. The minimum Gasteiger partial charge on any atom is -0.384 e. The van der Waals surface area contributed by atoms with Gasteiger partial charge in [-0.15, -0.1) is 11.3 Å². The average Bonchev–Trinajstić information content (AvgIpc) is 2.88. The van der Waals surface area contributed by atoms with Crippen molar-refractivity contribution < 1.29 is 4.79 Å². The number of carbonyl (C=O) groups excluding carboxylic acids is 1. The van der Waals surface area contributed by atoms with E-state index in [9.17, 15) is 4.79 Å². The number of nitrogens with two attached hydrogens (primary N) is 1. The first kappa shape index (κ1) is 15.4. The van der Waals surface area contributed by atoms with Gasteiger partial charge in [0, 0.05) is 11.1 Å². The maximum Gasteiger partial charge on any atom is 0.261 e. The summed E-state index contributed by atoms with van der Waals surface area (Å²) in [7, 11) is 0. The van der Waals surface area contributed by atoms with Gasteiger partial charge in [-0.3, -0.25) is 4.79 Å². The monoisotopic (exact) mass is 304 g/mol. The summed E-state index contributed by atoms with van der Waals surface area (Å²) in [5.41, 5.74) is 6.86. The SMILES string of the molecule is CCCc1sc(C(=O)NCc2nccc(N)n2)cc1CC. The molecule has 0 aliphatic carbocycles. The van der Waals surface area contributed by atoms with Gasteiger partial charge in [-0.05, 0) is 30.5 Å². The van der Waals surface area contributed by atoms with Gasteiger partial charge in [0.1, 0.15) is 11.6 Å². The molecule has 0 spiro atoms. The van der Waals surface area contributed by atoms with E-state index >= 15 is 0 Å². The van der Waals surface area contributed by atoms with Gasteiger partial charge in [-0.1, -0.05) is 20.3 Å². The molecular formula is C15H20N4OS. The van der Waals surface area contributed by atoms with E-state index in [1.165, 1.54) is 10.4 Å². The highest BCUT2D eigenvalue weighted by Crippen LogP contribution is 2.24. The van der Waals surface area contributed by atoms with Crippen molar-refractivity contribution in [1.82, 2.24) is 15.3 Å². The van der Waals surface area contributed by atoms with Crippen LogP contribution in [0.3, 0.4) is 0 Å². The molecule has 0 saturated heterocycles. The van der Waals surface area contributed by atoms with E-state index < -0.39 is 0 Å². The molecule has 112 valence electrons. The van der Waals surface area contributed by atoms with Crippen LogP contribution in [-0.4, -0.2) is 15.9 Å². The molecule has 0 fully saturated rings. The summed E-state index contributed by atoms with van der Waals surface area (Å²) in [6.45, 7) is 4.55. The number of nitrogen functional groups attached to an aromatic ring is 1. The van der Waals surface area contributed by atoms with Crippen molar-refractivity contribution in [2.75, 3.05) is 5.73 Å². The highest BCUT2D eigenvalue weighted by atomic mass is 32.1. The second kappa shape index (κ2) is 7.17. The van der Waals surface area contributed by atoms with E-state index in [0.717, 1.165) is 24.1 Å². The summed E-state index contributed by atoms with van der Waals surface area (Å²) >= 11 is 1.58. The zero-order chi connectivity index (χ0) is 15.2. The quantitative estimate of drug-likeness (QED) is 0.859. The van der Waals surface area contributed by atoms with Crippen molar-refractivity contribution in [3.05, 3.63) is 39.5 Å². The molecule has 0 bridgehead atoms. The molecule has 0 radical (unpaired) electrons. The summed E-state index contributed by atoms with van der Waals surface area (Å²) in [6, 6.07) is 3.61. The summed E-state index contributed by atoms with van der Waals surface area (Å²) in [4.78, 5) is 22.4. The van der Waals surface area contributed by atoms with Gasteiger partial charge < -0.3 is 11.1 Å². The number of thiophene rings is 1. The van der Waals surface area contributed by atoms with Gasteiger partial charge >= 0.3 is 0 Å². The maximum absolute atomic E-state index is 12.2. The minimum atomic E-state index is -0.0805. The maximum atomic E-state index is 12.2. The van der Waals surface area contributed by atoms with Crippen LogP contribution in [0.4, 0.5) is 5.82 Å². The Morgan fingerprint density at radius 2 is 2.24 bits per heavy atom. The van der Waals surface area contributed by atoms with Crippen molar-refractivity contribution in [2.45, 2.75) is 39.7 Å². The standard InChI is InChI=1S/C15H20N4OS/c1-3-5-11-10(4-2)8-12(21-11)15(20)18-9-14-17-7-6-13(16)19-14/h6-8H,3-5,9H2,1-2H3,(H,18,20)(H2,16,17,19). The lowest BCUT2D eigenvalue weighted by molar-refractivity contribution is 0.0954. The Balaban J connectivity index is 2.03. The Bertz CT molecular complexity index is 624. The minimum absolute atomic E-state index is 0.0805. The molecule has 0 aliphatic heterocycles. The lowest BCUT2D eigenvalue weighted by atomic mass is 10.1. The fraction of sp³-hybridized carbons (Fsp3) is 0.400. The van der Waals surface area contributed by atoms with Gasteiger partial charge in [0.2, 0.25) is 0 Å². The fourth-order valence-corrected chi connectivity index (χ4v) is 3.33. The van der Waals surface area contributed by atoms with E-state index in [2.05, 4.69) is 29.1 Å². The first-order chi connectivity index (χ1) is 10.1. The van der Waals surface area contributed by atoms with Crippen molar-refractivity contribution in [3.8, 4) is 0 Å². The Labute approximate surface area is 128 Å². The van der Waals surface area contributed by atoms with Crippen LogP contribution in [0.2, 0.25) is 0 Å². The first-order valence-corrected chi connectivity index (χ1v) is 7.92. The second-order valence-electron chi connectivity index (χ2n) is 4.74. The number of anilines is 1. The van der Waals surface area contributed by atoms with Gasteiger partial charge in [-0.2, -0.15) is 0 Å². The lowest BCUT2D eigenvalue weighted by Crippen LogP contribution is -2.23. The number of nitrogens with one attached hydrogen (secondary N) is 1. The molecule has 3 N–H and O–H groups in total. The summed E-state index contributed by atoms with van der Waals surface area (Å²) in [5, 5.41) is 2.84. The predicted octanol–water partition coefficient (Wildman–Crippen LogP) is 2.57. The van der Waals surface area contributed by atoms with Crippen LogP contribution in [0.1, 0.15) is 46.2 Å². The average molecular weight is 304 g/mol. The molecule has 2 aromatic rings. The summed E-state index contributed by atoms with van der Waals surface area (Å²) in [5.74, 6) is 0.844. The van der Waals surface area contributed by atoms with E-state index in [1.807, 2.05) is 6.07 Å². The highest BCUT2D eigenvalue weighted by Gasteiger charge is 2.13. The van der Waals surface area contributed by atoms with E-state index in [0.29, 0.717) is 11.6 Å². The number of hydrogen-bond acceptors (Lipinski definition) is 5. The van der Waals surface area contributed by atoms with Gasteiger partial charge in [0.05, 0.1) is 11.4 Å². The molecule has 5 nitrogen and oxygen atoms in total. The topological polar surface area (TPSA) is 80.9 Å². The molecule has 6 heteroatoms. The largest absolute Gasteiger partial charge is 0.384 e. The predicted molar refractivity (Wildman–Crippen MR) is 85.3 cm³/mol. The van der Waals surface area contributed by atoms with Gasteiger partial charge in [0.15, 0.2) is 0 Å². The molecular weight excluding hydrogens is 284 g/mol. The summed E-state index contributed by atoms with van der Waals surface area (Å²) < 4.78 is 0. The number of carbonyl (C=O) groups is 1. The summed E-state index contributed by atoms with van der Waals surface area (Å²) in [6.07, 6.45) is 4.66. The van der Waals surface area contributed by atoms with E-state index in [4.69, 9.17) is 5.73 Å². The third-order valence-electron chi connectivity index (χ3n) is 3.11. The molecule has 0 aromatic carbocycles. The molecule has 0 unspecified atom stereocenters. The Hall–Kier alpha value is -1.95. The number of aryl methyl sites for hydroxylation is 2. The van der Waals surface area contributed by atoms with Crippen LogP contribution in [0, 0.1) is 0 Å². The Morgan fingerprint density at radius 3 is 2.90 bits per heavy atom. The number of nitrogens with zero attached hydrogens (tertiary/aromatic N) is 2. The number of amides is 1. The van der Waals surface area contributed by atoms with Crippen LogP contribution in [0.25, 0.3) is 0 Å². The zero-order valence-electron chi connectivity index (χ0n) is 12.3. The van der Waals surface area contributed by atoms with Crippen molar-refractivity contribution in [2.24, 2.45) is 0 Å². The normalized spacial score (nSPS) is 10.6. The molecule has 0 aliphatic rings. The molecule has 0 atom stereocenters. The van der Waals surface area contributed by atoms with Crippen LogP contribution < -0.4 is 11.1 Å². The highest BCUT2D eigenvalue weighted by molar-refractivity contribution is 7.14. The van der Waals surface area contributed by atoms with Crippen molar-refractivity contribution >= 4 is 23.1 Å².